The molecule has 122 valence electrons. The summed E-state index contributed by atoms with van der Waals surface area (Å²) in [6.45, 7) is 2.75. The third kappa shape index (κ3) is 3.73. The molecule has 0 N–H and O–H groups in total. The zero-order valence-electron chi connectivity index (χ0n) is 12.6. The summed E-state index contributed by atoms with van der Waals surface area (Å²) in [7, 11) is -3.48. The number of aryl methyl sites for hydroxylation is 1. The van der Waals surface area contributed by atoms with E-state index in [1.165, 1.54) is 4.31 Å². The SMILES string of the molecule is Cc1ccc(OC2CCN(S(=O)(=O)c3ccc(Br)cc3)C2)nc1. The van der Waals surface area contributed by atoms with Gasteiger partial charge in [0.1, 0.15) is 6.10 Å². The van der Waals surface area contributed by atoms with Crippen molar-refractivity contribution in [2.45, 2.75) is 24.3 Å². The quantitative estimate of drug-likeness (QED) is 0.796. The van der Waals surface area contributed by atoms with Gasteiger partial charge in [-0.25, -0.2) is 13.4 Å². The van der Waals surface area contributed by atoms with Crippen molar-refractivity contribution in [1.82, 2.24) is 9.29 Å². The molecule has 0 spiro atoms. The fourth-order valence-corrected chi connectivity index (χ4v) is 4.21. The highest BCUT2D eigenvalue weighted by molar-refractivity contribution is 9.10. The minimum absolute atomic E-state index is 0.171. The fraction of sp³-hybridized carbons (Fsp3) is 0.312. The molecule has 0 aliphatic carbocycles. The first-order valence-corrected chi connectivity index (χ1v) is 9.53. The Labute approximate surface area is 144 Å². The summed E-state index contributed by atoms with van der Waals surface area (Å²) in [6, 6.07) is 10.4. The van der Waals surface area contributed by atoms with E-state index in [1.54, 1.807) is 36.5 Å². The van der Waals surface area contributed by atoms with Crippen LogP contribution >= 0.6 is 15.9 Å². The third-order valence-electron chi connectivity index (χ3n) is 3.73. The molecule has 1 aromatic carbocycles. The van der Waals surface area contributed by atoms with Gasteiger partial charge in [-0.05, 0) is 43.2 Å². The standard InChI is InChI=1S/C16H17BrN2O3S/c1-12-2-7-16(18-10-12)22-14-8-9-19(11-14)23(20,21)15-5-3-13(17)4-6-15/h2-7,10,14H,8-9,11H2,1H3. The first kappa shape index (κ1) is 16.4. The Morgan fingerprint density at radius 1 is 1.22 bits per heavy atom. The average molecular weight is 397 g/mol. The van der Waals surface area contributed by atoms with Crippen LogP contribution in [0.2, 0.25) is 0 Å². The Kier molecular flexibility index (Phi) is 4.70. The summed E-state index contributed by atoms with van der Waals surface area (Å²) in [5.41, 5.74) is 1.06. The Morgan fingerprint density at radius 3 is 2.61 bits per heavy atom. The molecule has 2 heterocycles. The number of hydrogen-bond acceptors (Lipinski definition) is 4. The summed E-state index contributed by atoms with van der Waals surface area (Å²) >= 11 is 3.31. The molecule has 1 aromatic heterocycles. The van der Waals surface area contributed by atoms with Crippen molar-refractivity contribution in [2.24, 2.45) is 0 Å². The lowest BCUT2D eigenvalue weighted by molar-refractivity contribution is 0.207. The summed E-state index contributed by atoms with van der Waals surface area (Å²) in [5.74, 6) is 0.531. The summed E-state index contributed by atoms with van der Waals surface area (Å²) in [5, 5.41) is 0. The molecule has 23 heavy (non-hydrogen) atoms. The maximum atomic E-state index is 12.6. The number of benzene rings is 1. The lowest BCUT2D eigenvalue weighted by Gasteiger charge is -2.17. The van der Waals surface area contributed by atoms with Crippen molar-refractivity contribution < 1.29 is 13.2 Å². The molecule has 1 aliphatic heterocycles. The third-order valence-corrected chi connectivity index (χ3v) is 6.14. The van der Waals surface area contributed by atoms with Gasteiger partial charge < -0.3 is 4.74 Å². The minimum atomic E-state index is -3.48. The number of rotatable bonds is 4. The van der Waals surface area contributed by atoms with Gasteiger partial charge in [0.25, 0.3) is 0 Å². The van der Waals surface area contributed by atoms with E-state index in [0.717, 1.165) is 10.0 Å². The second kappa shape index (κ2) is 6.59. The number of pyridine rings is 1. The zero-order valence-corrected chi connectivity index (χ0v) is 15.0. The van der Waals surface area contributed by atoms with Crippen LogP contribution in [-0.4, -0.2) is 36.9 Å². The van der Waals surface area contributed by atoms with Gasteiger partial charge in [0.2, 0.25) is 15.9 Å². The van der Waals surface area contributed by atoms with Gasteiger partial charge in [-0.15, -0.1) is 0 Å². The maximum absolute atomic E-state index is 12.6. The zero-order chi connectivity index (χ0) is 16.4. The van der Waals surface area contributed by atoms with Crippen LogP contribution in [0, 0.1) is 6.92 Å². The molecule has 1 unspecified atom stereocenters. The van der Waals surface area contributed by atoms with Crippen LogP contribution in [0.4, 0.5) is 0 Å². The highest BCUT2D eigenvalue weighted by Gasteiger charge is 2.33. The van der Waals surface area contributed by atoms with E-state index >= 15 is 0 Å². The Hall–Kier alpha value is -1.44. The molecule has 5 nitrogen and oxygen atoms in total. The summed E-state index contributed by atoms with van der Waals surface area (Å²) in [4.78, 5) is 4.50. The predicted octanol–water partition coefficient (Wildman–Crippen LogP) is 2.99. The molecule has 2 aromatic rings. The number of nitrogens with zero attached hydrogens (tertiary/aromatic N) is 2. The highest BCUT2D eigenvalue weighted by atomic mass is 79.9. The van der Waals surface area contributed by atoms with Crippen LogP contribution in [0.5, 0.6) is 5.88 Å². The maximum Gasteiger partial charge on any atom is 0.243 e. The number of aromatic nitrogens is 1. The average Bonchev–Trinajstić information content (AvgIpc) is 2.99. The molecular formula is C16H17BrN2O3S. The largest absolute Gasteiger partial charge is 0.473 e. The van der Waals surface area contributed by atoms with Gasteiger partial charge >= 0.3 is 0 Å². The fourth-order valence-electron chi connectivity index (χ4n) is 2.46. The van der Waals surface area contributed by atoms with Gasteiger partial charge in [0.15, 0.2) is 0 Å². The van der Waals surface area contributed by atoms with E-state index in [9.17, 15) is 8.42 Å². The van der Waals surface area contributed by atoms with E-state index in [4.69, 9.17) is 4.74 Å². The van der Waals surface area contributed by atoms with Gasteiger partial charge in [-0.2, -0.15) is 4.31 Å². The molecule has 7 heteroatoms. The second-order valence-corrected chi connectivity index (χ2v) is 8.37. The molecule has 1 aliphatic rings. The number of ether oxygens (including phenoxy) is 1. The van der Waals surface area contributed by atoms with Crippen LogP contribution in [-0.2, 0) is 10.0 Å². The van der Waals surface area contributed by atoms with Gasteiger partial charge in [-0.3, -0.25) is 0 Å². The molecule has 0 bridgehead atoms. The monoisotopic (exact) mass is 396 g/mol. The highest BCUT2D eigenvalue weighted by Crippen LogP contribution is 2.24. The van der Waals surface area contributed by atoms with Crippen LogP contribution < -0.4 is 4.74 Å². The van der Waals surface area contributed by atoms with Crippen LogP contribution in [0.15, 0.2) is 52.0 Å². The summed E-state index contributed by atoms with van der Waals surface area (Å²) in [6.07, 6.45) is 2.22. The predicted molar refractivity (Wildman–Crippen MR) is 90.9 cm³/mol. The number of halogens is 1. The van der Waals surface area contributed by atoms with Crippen molar-refractivity contribution in [3.05, 3.63) is 52.6 Å². The van der Waals surface area contributed by atoms with E-state index < -0.39 is 10.0 Å². The molecule has 1 fully saturated rings. The first-order valence-electron chi connectivity index (χ1n) is 7.30. The molecule has 0 saturated carbocycles. The van der Waals surface area contributed by atoms with Crippen molar-refractivity contribution in [2.75, 3.05) is 13.1 Å². The van der Waals surface area contributed by atoms with Crippen LogP contribution in [0.25, 0.3) is 0 Å². The molecule has 1 atom stereocenters. The Morgan fingerprint density at radius 2 is 1.96 bits per heavy atom. The lowest BCUT2D eigenvalue weighted by atomic mass is 10.3. The van der Waals surface area contributed by atoms with Crippen molar-refractivity contribution in [3.63, 3.8) is 0 Å². The Balaban J connectivity index is 1.69. The van der Waals surface area contributed by atoms with Gasteiger partial charge in [0.05, 0.1) is 11.4 Å². The first-order chi connectivity index (χ1) is 10.9. The van der Waals surface area contributed by atoms with Crippen LogP contribution in [0.3, 0.4) is 0 Å². The molecule has 3 rings (SSSR count). The molecular weight excluding hydrogens is 380 g/mol. The van der Waals surface area contributed by atoms with Crippen LogP contribution in [0.1, 0.15) is 12.0 Å². The lowest BCUT2D eigenvalue weighted by Crippen LogP contribution is -2.31. The van der Waals surface area contributed by atoms with Gasteiger partial charge in [0, 0.05) is 23.3 Å². The summed E-state index contributed by atoms with van der Waals surface area (Å²) < 4.78 is 33.4. The molecule has 0 amide bonds. The van der Waals surface area contributed by atoms with Crippen molar-refractivity contribution in [3.8, 4) is 5.88 Å². The van der Waals surface area contributed by atoms with E-state index in [-0.39, 0.29) is 6.10 Å². The van der Waals surface area contributed by atoms with E-state index in [2.05, 4.69) is 20.9 Å². The molecule has 1 saturated heterocycles. The Bertz CT molecular complexity index is 776. The second-order valence-electron chi connectivity index (χ2n) is 5.52. The minimum Gasteiger partial charge on any atom is -0.473 e. The van der Waals surface area contributed by atoms with Crippen molar-refractivity contribution in [1.29, 1.82) is 0 Å². The van der Waals surface area contributed by atoms with Gasteiger partial charge in [-0.1, -0.05) is 22.0 Å². The smallest absolute Gasteiger partial charge is 0.243 e. The topological polar surface area (TPSA) is 59.5 Å². The molecule has 0 radical (unpaired) electrons. The number of sulfonamides is 1. The normalized spacial score (nSPS) is 19.0. The number of hydrogen-bond donors (Lipinski definition) is 0. The van der Waals surface area contributed by atoms with E-state index in [1.807, 2.05) is 13.0 Å². The van der Waals surface area contributed by atoms with Crippen molar-refractivity contribution >= 4 is 26.0 Å². The van der Waals surface area contributed by atoms with E-state index in [0.29, 0.717) is 30.3 Å².